The van der Waals surface area contributed by atoms with E-state index in [1.807, 2.05) is 18.7 Å². The summed E-state index contributed by atoms with van der Waals surface area (Å²) in [5, 5.41) is -0.0838. The van der Waals surface area contributed by atoms with Gasteiger partial charge >= 0.3 is 0 Å². The Bertz CT molecular complexity index is 814. The number of hydrogen-bond acceptors (Lipinski definition) is 7. The first-order valence-corrected chi connectivity index (χ1v) is 9.69. The molecule has 0 aromatic heterocycles. The summed E-state index contributed by atoms with van der Waals surface area (Å²) in [5.74, 6) is 1.27. The first-order valence-electron chi connectivity index (χ1n) is 8.21. The van der Waals surface area contributed by atoms with Crippen molar-refractivity contribution in [3.05, 3.63) is 29.0 Å². The molecule has 7 nitrogen and oxygen atoms in total. The van der Waals surface area contributed by atoms with Crippen LogP contribution < -0.4 is 15.2 Å². The lowest BCUT2D eigenvalue weighted by Gasteiger charge is -2.34. The molecule has 25 heavy (non-hydrogen) atoms. The molecule has 0 fully saturated rings. The Hall–Kier alpha value is -1.93. The van der Waals surface area contributed by atoms with Crippen LogP contribution in [0.3, 0.4) is 0 Å². The van der Waals surface area contributed by atoms with Gasteiger partial charge in [0.1, 0.15) is 0 Å². The second-order valence-corrected chi connectivity index (χ2v) is 8.86. The molecule has 0 amide bonds. The van der Waals surface area contributed by atoms with Crippen molar-refractivity contribution in [2.75, 3.05) is 19.9 Å². The number of nitrogens with zero attached hydrogens (tertiary/aromatic N) is 1. The first kappa shape index (κ1) is 17.9. The number of benzene rings is 1. The topological polar surface area (TPSA) is 91.1 Å². The number of rotatable bonds is 5. The summed E-state index contributed by atoms with van der Waals surface area (Å²) in [7, 11) is -3.86. The number of sulfone groups is 1. The molecule has 0 saturated carbocycles. The molecule has 8 heteroatoms. The molecule has 138 valence electrons. The van der Waals surface area contributed by atoms with Crippen molar-refractivity contribution < 1.29 is 22.6 Å². The second kappa shape index (κ2) is 6.10. The van der Waals surface area contributed by atoms with E-state index in [0.717, 1.165) is 0 Å². The van der Waals surface area contributed by atoms with Gasteiger partial charge in [0.05, 0.1) is 10.6 Å². The summed E-state index contributed by atoms with van der Waals surface area (Å²) < 4.78 is 42.7. The summed E-state index contributed by atoms with van der Waals surface area (Å²) in [6, 6.07) is 4.54. The van der Waals surface area contributed by atoms with E-state index >= 15 is 0 Å². The maximum atomic E-state index is 13.2. The smallest absolute Gasteiger partial charge is 0.241 e. The van der Waals surface area contributed by atoms with Gasteiger partial charge in [0, 0.05) is 19.2 Å². The molecular weight excluding hydrogens is 344 g/mol. The minimum absolute atomic E-state index is 0.0786. The quantitative estimate of drug-likeness (QED) is 0.850. The maximum absolute atomic E-state index is 13.2. The predicted molar refractivity (Wildman–Crippen MR) is 92.5 cm³/mol. The van der Waals surface area contributed by atoms with E-state index in [2.05, 4.69) is 13.8 Å². The van der Waals surface area contributed by atoms with Crippen LogP contribution in [0.5, 0.6) is 11.5 Å². The van der Waals surface area contributed by atoms with Crippen LogP contribution in [0.15, 0.2) is 33.9 Å². The zero-order valence-corrected chi connectivity index (χ0v) is 15.7. The van der Waals surface area contributed by atoms with Crippen molar-refractivity contribution in [2.24, 2.45) is 11.7 Å². The van der Waals surface area contributed by atoms with Crippen molar-refractivity contribution >= 4 is 9.84 Å². The number of fused-ring (bicyclic) bond motifs is 1. The molecule has 2 aliphatic heterocycles. The summed E-state index contributed by atoms with van der Waals surface area (Å²) in [5.41, 5.74) is 5.60. The van der Waals surface area contributed by atoms with E-state index in [9.17, 15) is 8.42 Å². The highest BCUT2D eigenvalue weighted by Gasteiger charge is 2.45. The molecule has 0 atom stereocenters. The molecule has 0 saturated heterocycles. The molecule has 1 aromatic rings. The first-order chi connectivity index (χ1) is 11.7. The van der Waals surface area contributed by atoms with E-state index in [1.165, 1.54) is 12.1 Å². The van der Waals surface area contributed by atoms with Gasteiger partial charge in [-0.05, 0) is 31.9 Å². The predicted octanol–water partition coefficient (Wildman–Crippen LogP) is 2.04. The van der Waals surface area contributed by atoms with E-state index in [1.54, 1.807) is 6.07 Å². The Labute approximate surface area is 148 Å². The highest BCUT2D eigenvalue weighted by Crippen LogP contribution is 2.41. The molecule has 2 heterocycles. The molecule has 2 N–H and O–H groups in total. The van der Waals surface area contributed by atoms with Crippen molar-refractivity contribution in [3.63, 3.8) is 0 Å². The highest BCUT2D eigenvalue weighted by atomic mass is 32.2. The largest absolute Gasteiger partial charge is 0.455 e. The Morgan fingerprint density at radius 1 is 1.24 bits per heavy atom. The number of nitrogens with two attached hydrogens (primary N) is 1. The lowest BCUT2D eigenvalue weighted by atomic mass is 10.1. The van der Waals surface area contributed by atoms with Crippen LogP contribution in [0.25, 0.3) is 0 Å². The molecule has 3 rings (SSSR count). The van der Waals surface area contributed by atoms with Crippen molar-refractivity contribution in [1.29, 1.82) is 0 Å². The third kappa shape index (κ3) is 3.04. The minimum atomic E-state index is -3.86. The molecule has 0 spiro atoms. The third-order valence-corrected chi connectivity index (χ3v) is 5.88. The zero-order valence-electron chi connectivity index (χ0n) is 14.9. The maximum Gasteiger partial charge on any atom is 0.241 e. The standard InChI is InChI=1S/C17H24N2O5S/c1-11(2)9-19-13(8-18)16(24-17(19,3)4)25(20,21)12-5-6-14-15(7-12)23-10-22-14/h5-7,11H,8-10,18H2,1-4H3. The Balaban J connectivity index is 2.06. The van der Waals surface area contributed by atoms with Crippen molar-refractivity contribution in [2.45, 2.75) is 38.3 Å². The van der Waals surface area contributed by atoms with Gasteiger partial charge in [0.2, 0.25) is 21.7 Å². The Morgan fingerprint density at radius 3 is 2.56 bits per heavy atom. The van der Waals surface area contributed by atoms with Crippen LogP contribution in [-0.4, -0.2) is 38.9 Å². The normalized spacial score (nSPS) is 18.9. The van der Waals surface area contributed by atoms with E-state index in [4.69, 9.17) is 19.9 Å². The Kier molecular flexibility index (Phi) is 4.36. The van der Waals surface area contributed by atoms with Gasteiger partial charge in [-0.1, -0.05) is 13.8 Å². The fourth-order valence-electron chi connectivity index (χ4n) is 3.03. The average Bonchev–Trinajstić information content (AvgIpc) is 3.09. The van der Waals surface area contributed by atoms with E-state index in [0.29, 0.717) is 29.7 Å². The third-order valence-electron chi connectivity index (χ3n) is 4.19. The monoisotopic (exact) mass is 368 g/mol. The molecule has 0 aliphatic carbocycles. The van der Waals surface area contributed by atoms with Gasteiger partial charge in [-0.3, -0.25) is 0 Å². The Morgan fingerprint density at radius 2 is 1.92 bits per heavy atom. The fourth-order valence-corrected chi connectivity index (χ4v) is 4.57. The zero-order chi connectivity index (χ0) is 18.4. The van der Waals surface area contributed by atoms with Crippen LogP contribution in [0.4, 0.5) is 0 Å². The summed E-state index contributed by atoms with van der Waals surface area (Å²) >= 11 is 0. The highest BCUT2D eigenvalue weighted by molar-refractivity contribution is 7.95. The van der Waals surface area contributed by atoms with Crippen LogP contribution in [0, 0.1) is 5.92 Å². The molecule has 0 bridgehead atoms. The van der Waals surface area contributed by atoms with Gasteiger partial charge < -0.3 is 24.8 Å². The SMILES string of the molecule is CC(C)CN1C(CN)=C(S(=O)(=O)c2ccc3c(c2)OCO3)OC1(C)C. The van der Waals surface area contributed by atoms with Gasteiger partial charge in [0.15, 0.2) is 17.2 Å². The van der Waals surface area contributed by atoms with Crippen LogP contribution in [0.1, 0.15) is 27.7 Å². The summed E-state index contributed by atoms with van der Waals surface area (Å²) in [4.78, 5) is 2.03. The van der Waals surface area contributed by atoms with E-state index < -0.39 is 15.6 Å². The lowest BCUT2D eigenvalue weighted by molar-refractivity contribution is -0.0427. The average molecular weight is 368 g/mol. The molecule has 2 aliphatic rings. The lowest BCUT2D eigenvalue weighted by Crippen LogP contribution is -2.43. The molecule has 0 unspecified atom stereocenters. The second-order valence-electron chi connectivity index (χ2n) is 7.01. The van der Waals surface area contributed by atoms with Gasteiger partial charge in [-0.15, -0.1) is 0 Å². The van der Waals surface area contributed by atoms with Crippen LogP contribution in [0.2, 0.25) is 0 Å². The minimum Gasteiger partial charge on any atom is -0.455 e. The van der Waals surface area contributed by atoms with Crippen molar-refractivity contribution in [1.82, 2.24) is 4.90 Å². The van der Waals surface area contributed by atoms with Crippen molar-refractivity contribution in [3.8, 4) is 11.5 Å². The van der Waals surface area contributed by atoms with Gasteiger partial charge in [-0.2, -0.15) is 0 Å². The molecular formula is C17H24N2O5S. The number of hydrogen-bond donors (Lipinski definition) is 1. The summed E-state index contributed by atoms with van der Waals surface area (Å²) in [6.07, 6.45) is 0. The van der Waals surface area contributed by atoms with Gasteiger partial charge in [0.25, 0.3) is 0 Å². The summed E-state index contributed by atoms with van der Waals surface area (Å²) in [6.45, 7) is 8.62. The molecule has 1 aromatic carbocycles. The fraction of sp³-hybridized carbons (Fsp3) is 0.529. The van der Waals surface area contributed by atoms with Crippen LogP contribution in [-0.2, 0) is 14.6 Å². The number of ether oxygens (including phenoxy) is 3. The van der Waals surface area contributed by atoms with Crippen LogP contribution >= 0.6 is 0 Å². The van der Waals surface area contributed by atoms with Gasteiger partial charge in [-0.25, -0.2) is 8.42 Å². The molecule has 0 radical (unpaired) electrons. The van der Waals surface area contributed by atoms with E-state index in [-0.39, 0.29) is 23.3 Å².